The molecule has 0 radical (unpaired) electrons. The van der Waals surface area contributed by atoms with Gasteiger partial charge >= 0.3 is 5.97 Å². The zero-order valence-electron chi connectivity index (χ0n) is 12.5. The summed E-state index contributed by atoms with van der Waals surface area (Å²) in [6.07, 6.45) is -0.0908. The summed E-state index contributed by atoms with van der Waals surface area (Å²) in [6.45, 7) is 3.26. The summed E-state index contributed by atoms with van der Waals surface area (Å²) in [5.74, 6) is -0.640. The quantitative estimate of drug-likeness (QED) is 0.829. The maximum absolute atomic E-state index is 11.9. The van der Waals surface area contributed by atoms with Crippen LogP contribution in [0.15, 0.2) is 40.9 Å². The minimum absolute atomic E-state index is 0.225. The number of benzene rings is 1. The molecule has 0 aliphatic rings. The molecule has 0 fully saturated rings. The number of hydrogen-bond donors (Lipinski definition) is 1. The Morgan fingerprint density at radius 3 is 2.68 bits per heavy atom. The fourth-order valence-corrected chi connectivity index (χ4v) is 1.85. The standard InChI is InChI=1S/C16H18N2O4/c1-11-10-14(22-18-11)17-16(20)12(2)21-15(19)9-8-13-6-4-3-5-7-13/h3-7,10,12H,8-9H2,1-2H3,(H,17,20)/t12-/m0/s1. The van der Waals surface area contributed by atoms with Crippen molar-refractivity contribution in [2.45, 2.75) is 32.8 Å². The van der Waals surface area contributed by atoms with E-state index in [0.29, 0.717) is 12.1 Å². The second kappa shape index (κ2) is 7.40. The molecular weight excluding hydrogens is 284 g/mol. The molecule has 22 heavy (non-hydrogen) atoms. The van der Waals surface area contributed by atoms with Gasteiger partial charge in [0.25, 0.3) is 5.91 Å². The molecule has 1 aromatic carbocycles. The zero-order valence-corrected chi connectivity index (χ0v) is 12.5. The van der Waals surface area contributed by atoms with E-state index in [-0.39, 0.29) is 12.3 Å². The van der Waals surface area contributed by atoms with Gasteiger partial charge in [0.2, 0.25) is 5.88 Å². The first-order valence-corrected chi connectivity index (χ1v) is 7.02. The van der Waals surface area contributed by atoms with Crippen LogP contribution < -0.4 is 5.32 Å². The number of carbonyl (C=O) groups excluding carboxylic acids is 2. The first-order valence-electron chi connectivity index (χ1n) is 7.02. The summed E-state index contributed by atoms with van der Waals surface area (Å²) in [7, 11) is 0. The molecule has 116 valence electrons. The SMILES string of the molecule is Cc1cc(NC(=O)[C@H](C)OC(=O)CCc2ccccc2)on1. The predicted octanol–water partition coefficient (Wildman–Crippen LogP) is 2.49. The third-order valence-electron chi connectivity index (χ3n) is 3.01. The minimum atomic E-state index is -0.895. The molecule has 6 nitrogen and oxygen atoms in total. The summed E-state index contributed by atoms with van der Waals surface area (Å²) in [5.41, 5.74) is 1.71. The highest BCUT2D eigenvalue weighted by Gasteiger charge is 2.19. The number of aryl methyl sites for hydroxylation is 2. The molecule has 0 saturated heterocycles. The number of hydrogen-bond acceptors (Lipinski definition) is 5. The molecule has 2 aromatic rings. The predicted molar refractivity (Wildman–Crippen MR) is 80.2 cm³/mol. The van der Waals surface area contributed by atoms with Crippen LogP contribution in [0.4, 0.5) is 5.88 Å². The molecule has 0 aliphatic carbocycles. The highest BCUT2D eigenvalue weighted by atomic mass is 16.5. The monoisotopic (exact) mass is 302 g/mol. The van der Waals surface area contributed by atoms with Crippen molar-refractivity contribution in [3.63, 3.8) is 0 Å². The Balaban J connectivity index is 1.76. The van der Waals surface area contributed by atoms with Gasteiger partial charge in [-0.3, -0.25) is 14.9 Å². The van der Waals surface area contributed by atoms with Gasteiger partial charge in [0, 0.05) is 12.5 Å². The van der Waals surface area contributed by atoms with Crippen molar-refractivity contribution in [2.75, 3.05) is 5.32 Å². The molecule has 0 spiro atoms. The number of amides is 1. The van der Waals surface area contributed by atoms with Crippen LogP contribution in [0.5, 0.6) is 0 Å². The Bertz CT molecular complexity index is 637. The number of esters is 1. The molecule has 1 N–H and O–H groups in total. The van der Waals surface area contributed by atoms with Crippen LogP contribution >= 0.6 is 0 Å². The lowest BCUT2D eigenvalue weighted by molar-refractivity contribution is -0.153. The van der Waals surface area contributed by atoms with Crippen molar-refractivity contribution in [1.29, 1.82) is 0 Å². The van der Waals surface area contributed by atoms with E-state index < -0.39 is 18.0 Å². The molecule has 2 rings (SSSR count). The molecule has 0 aliphatic heterocycles. The van der Waals surface area contributed by atoms with Crippen molar-refractivity contribution in [1.82, 2.24) is 5.16 Å². The van der Waals surface area contributed by atoms with Crippen LogP contribution in [0.1, 0.15) is 24.6 Å². The fourth-order valence-electron chi connectivity index (χ4n) is 1.85. The van der Waals surface area contributed by atoms with Gasteiger partial charge in [-0.25, -0.2) is 0 Å². The molecule has 0 bridgehead atoms. The second-order valence-electron chi connectivity index (χ2n) is 4.94. The number of ether oxygens (including phenoxy) is 1. The normalized spacial score (nSPS) is 11.7. The fraction of sp³-hybridized carbons (Fsp3) is 0.312. The maximum atomic E-state index is 11.9. The third-order valence-corrected chi connectivity index (χ3v) is 3.01. The molecule has 0 saturated carbocycles. The van der Waals surface area contributed by atoms with Crippen LogP contribution in [-0.4, -0.2) is 23.1 Å². The van der Waals surface area contributed by atoms with Crippen LogP contribution in [0.3, 0.4) is 0 Å². The molecule has 6 heteroatoms. The van der Waals surface area contributed by atoms with Crippen molar-refractivity contribution >= 4 is 17.8 Å². The van der Waals surface area contributed by atoms with Gasteiger partial charge < -0.3 is 9.26 Å². The summed E-state index contributed by atoms with van der Waals surface area (Å²) in [4.78, 5) is 23.6. The molecule has 1 heterocycles. The Morgan fingerprint density at radius 1 is 1.32 bits per heavy atom. The maximum Gasteiger partial charge on any atom is 0.306 e. The molecule has 1 amide bonds. The summed E-state index contributed by atoms with van der Waals surface area (Å²) in [6, 6.07) is 11.2. The molecular formula is C16H18N2O4. The molecule has 1 aromatic heterocycles. The van der Waals surface area contributed by atoms with E-state index in [4.69, 9.17) is 9.26 Å². The van der Waals surface area contributed by atoms with Crippen LogP contribution in [0, 0.1) is 6.92 Å². The van der Waals surface area contributed by atoms with Crippen molar-refractivity contribution in [2.24, 2.45) is 0 Å². The smallest absolute Gasteiger partial charge is 0.306 e. The molecule has 0 unspecified atom stereocenters. The lowest BCUT2D eigenvalue weighted by Crippen LogP contribution is -2.29. The largest absolute Gasteiger partial charge is 0.453 e. The van der Waals surface area contributed by atoms with Gasteiger partial charge in [0.05, 0.1) is 5.69 Å². The van der Waals surface area contributed by atoms with Gasteiger partial charge in [-0.05, 0) is 25.8 Å². The lowest BCUT2D eigenvalue weighted by Gasteiger charge is -2.12. The van der Waals surface area contributed by atoms with Gasteiger partial charge in [-0.15, -0.1) is 0 Å². The number of rotatable bonds is 6. The van der Waals surface area contributed by atoms with Crippen LogP contribution in [0.2, 0.25) is 0 Å². The Kier molecular flexibility index (Phi) is 5.30. The van der Waals surface area contributed by atoms with Crippen molar-refractivity contribution < 1.29 is 18.8 Å². The van der Waals surface area contributed by atoms with Gasteiger partial charge in [-0.2, -0.15) is 0 Å². The topological polar surface area (TPSA) is 81.4 Å². The lowest BCUT2D eigenvalue weighted by atomic mass is 10.1. The average molecular weight is 302 g/mol. The van der Waals surface area contributed by atoms with E-state index in [9.17, 15) is 9.59 Å². The summed E-state index contributed by atoms with van der Waals surface area (Å²) >= 11 is 0. The number of anilines is 1. The van der Waals surface area contributed by atoms with E-state index in [1.54, 1.807) is 13.0 Å². The van der Waals surface area contributed by atoms with Crippen LogP contribution in [-0.2, 0) is 20.7 Å². The van der Waals surface area contributed by atoms with Crippen molar-refractivity contribution in [3.8, 4) is 0 Å². The zero-order chi connectivity index (χ0) is 15.9. The number of aromatic nitrogens is 1. The van der Waals surface area contributed by atoms with Gasteiger partial charge in [0.1, 0.15) is 0 Å². The van der Waals surface area contributed by atoms with Gasteiger partial charge in [-0.1, -0.05) is 35.5 Å². The van der Waals surface area contributed by atoms with E-state index in [1.165, 1.54) is 6.92 Å². The Morgan fingerprint density at radius 2 is 2.05 bits per heavy atom. The average Bonchev–Trinajstić information content (AvgIpc) is 2.91. The first kappa shape index (κ1) is 15.8. The van der Waals surface area contributed by atoms with E-state index in [1.807, 2.05) is 30.3 Å². The molecule has 1 atom stereocenters. The second-order valence-corrected chi connectivity index (χ2v) is 4.94. The Labute approximate surface area is 128 Å². The Hall–Kier alpha value is -2.63. The first-order chi connectivity index (χ1) is 10.5. The van der Waals surface area contributed by atoms with Crippen molar-refractivity contribution in [3.05, 3.63) is 47.7 Å². The minimum Gasteiger partial charge on any atom is -0.453 e. The number of carbonyl (C=O) groups is 2. The van der Waals surface area contributed by atoms with E-state index in [0.717, 1.165) is 5.56 Å². The highest BCUT2D eigenvalue weighted by molar-refractivity contribution is 5.94. The number of nitrogens with one attached hydrogen (secondary N) is 1. The summed E-state index contributed by atoms with van der Waals surface area (Å²) < 4.78 is 9.97. The van der Waals surface area contributed by atoms with Gasteiger partial charge in [0.15, 0.2) is 6.10 Å². The van der Waals surface area contributed by atoms with E-state index >= 15 is 0 Å². The number of nitrogens with zero attached hydrogens (tertiary/aromatic N) is 1. The van der Waals surface area contributed by atoms with E-state index in [2.05, 4.69) is 10.5 Å². The van der Waals surface area contributed by atoms with Crippen LogP contribution in [0.25, 0.3) is 0 Å². The third kappa shape index (κ3) is 4.73. The summed E-state index contributed by atoms with van der Waals surface area (Å²) in [5, 5.41) is 6.15. The highest BCUT2D eigenvalue weighted by Crippen LogP contribution is 2.10.